The Kier molecular flexibility index (Phi) is 6.23. The van der Waals surface area contributed by atoms with E-state index >= 15 is 0 Å². The highest BCUT2D eigenvalue weighted by molar-refractivity contribution is 5.34. The minimum Gasteiger partial charge on any atom is -0.493 e. The molecule has 0 aromatic heterocycles. The summed E-state index contributed by atoms with van der Waals surface area (Å²) in [4.78, 5) is 0. The number of ether oxygens (including phenoxy) is 1. The molecule has 0 saturated heterocycles. The zero-order valence-electron chi connectivity index (χ0n) is 14.8. The number of hydrogen-bond acceptors (Lipinski definition) is 2. The minimum absolute atomic E-state index is 0.358. The van der Waals surface area contributed by atoms with Gasteiger partial charge >= 0.3 is 0 Å². The molecule has 0 heterocycles. The molecule has 0 bridgehead atoms. The third kappa shape index (κ3) is 5.11. The van der Waals surface area contributed by atoms with Gasteiger partial charge in [0.05, 0.1) is 6.61 Å². The Bertz CT molecular complexity index is 616. The number of rotatable bonds is 7. The molecule has 1 atom stereocenters. The van der Waals surface area contributed by atoms with Crippen LogP contribution in [0.3, 0.4) is 0 Å². The summed E-state index contributed by atoms with van der Waals surface area (Å²) in [5.41, 5.74) is 11.3. The van der Waals surface area contributed by atoms with Crippen molar-refractivity contribution < 1.29 is 4.74 Å². The molecule has 0 aliphatic rings. The Hall–Kier alpha value is -1.80. The second-order valence-electron chi connectivity index (χ2n) is 6.83. The van der Waals surface area contributed by atoms with Gasteiger partial charge in [0.2, 0.25) is 0 Å². The van der Waals surface area contributed by atoms with Crippen molar-refractivity contribution in [3.05, 3.63) is 64.7 Å². The summed E-state index contributed by atoms with van der Waals surface area (Å²) in [7, 11) is 0. The van der Waals surface area contributed by atoms with Crippen LogP contribution in [-0.2, 0) is 6.42 Å². The van der Waals surface area contributed by atoms with Crippen LogP contribution in [0.5, 0.6) is 5.75 Å². The van der Waals surface area contributed by atoms with E-state index in [1.165, 1.54) is 22.3 Å². The van der Waals surface area contributed by atoms with E-state index in [4.69, 9.17) is 10.5 Å². The van der Waals surface area contributed by atoms with Gasteiger partial charge in [-0.25, -0.2) is 0 Å². The van der Waals surface area contributed by atoms with E-state index < -0.39 is 0 Å². The van der Waals surface area contributed by atoms with Crippen LogP contribution in [0.4, 0.5) is 0 Å². The summed E-state index contributed by atoms with van der Waals surface area (Å²) in [6.45, 7) is 10.0. The van der Waals surface area contributed by atoms with E-state index in [2.05, 4.69) is 70.2 Å². The predicted molar refractivity (Wildman–Crippen MR) is 98.2 cm³/mol. The van der Waals surface area contributed by atoms with E-state index in [0.29, 0.717) is 18.4 Å². The summed E-state index contributed by atoms with van der Waals surface area (Å²) < 4.78 is 5.74. The smallest absolute Gasteiger partial charge is 0.119 e. The van der Waals surface area contributed by atoms with Crippen LogP contribution >= 0.6 is 0 Å². The molecule has 2 aromatic rings. The molecule has 2 rings (SSSR count). The van der Waals surface area contributed by atoms with Crippen molar-refractivity contribution in [3.8, 4) is 5.75 Å². The van der Waals surface area contributed by atoms with E-state index in [1.807, 2.05) is 0 Å². The second kappa shape index (κ2) is 8.16. The molecule has 0 saturated carbocycles. The van der Waals surface area contributed by atoms with E-state index in [0.717, 1.165) is 18.8 Å². The van der Waals surface area contributed by atoms with Crippen molar-refractivity contribution in [3.63, 3.8) is 0 Å². The highest BCUT2D eigenvalue weighted by Gasteiger charge is 2.11. The maximum atomic E-state index is 6.03. The zero-order valence-corrected chi connectivity index (χ0v) is 14.8. The highest BCUT2D eigenvalue weighted by atomic mass is 16.5. The maximum Gasteiger partial charge on any atom is 0.119 e. The van der Waals surface area contributed by atoms with Gasteiger partial charge in [-0.2, -0.15) is 0 Å². The summed E-state index contributed by atoms with van der Waals surface area (Å²) in [6.07, 6.45) is 0.962. The standard InChI is InChI=1S/C21H29NO/c1-15(2)14-23-21-9-6-18(7-10-21)12-20(13-22)19-8-5-16(3)17(4)11-19/h5-11,15,20H,12-14,22H2,1-4H3. The van der Waals surface area contributed by atoms with Crippen molar-refractivity contribution in [2.75, 3.05) is 13.2 Å². The normalized spacial score (nSPS) is 12.4. The molecule has 2 N–H and O–H groups in total. The maximum absolute atomic E-state index is 6.03. The molecule has 2 aromatic carbocycles. The lowest BCUT2D eigenvalue weighted by molar-refractivity contribution is 0.271. The fraction of sp³-hybridized carbons (Fsp3) is 0.429. The van der Waals surface area contributed by atoms with Crippen LogP contribution in [-0.4, -0.2) is 13.2 Å². The zero-order chi connectivity index (χ0) is 16.8. The van der Waals surface area contributed by atoms with Crippen molar-refractivity contribution in [1.29, 1.82) is 0 Å². The van der Waals surface area contributed by atoms with Crippen LogP contribution < -0.4 is 10.5 Å². The molecule has 0 fully saturated rings. The van der Waals surface area contributed by atoms with Gasteiger partial charge in [-0.15, -0.1) is 0 Å². The third-order valence-corrected chi connectivity index (χ3v) is 4.28. The largest absolute Gasteiger partial charge is 0.493 e. The number of aryl methyl sites for hydroxylation is 2. The number of nitrogens with two attached hydrogens (primary N) is 1. The van der Waals surface area contributed by atoms with Crippen LogP contribution in [0.15, 0.2) is 42.5 Å². The second-order valence-corrected chi connectivity index (χ2v) is 6.83. The average molecular weight is 311 g/mol. The van der Waals surface area contributed by atoms with Gasteiger partial charge in [0, 0.05) is 5.92 Å². The highest BCUT2D eigenvalue weighted by Crippen LogP contribution is 2.23. The molecule has 124 valence electrons. The lowest BCUT2D eigenvalue weighted by Crippen LogP contribution is -2.15. The molecule has 2 nitrogen and oxygen atoms in total. The molecule has 23 heavy (non-hydrogen) atoms. The number of benzene rings is 2. The molecule has 0 aliphatic carbocycles. The van der Waals surface area contributed by atoms with Crippen LogP contribution in [0.25, 0.3) is 0 Å². The number of hydrogen-bond donors (Lipinski definition) is 1. The Morgan fingerprint density at radius 1 is 0.957 bits per heavy atom. The van der Waals surface area contributed by atoms with Crippen molar-refractivity contribution in [2.45, 2.75) is 40.0 Å². The van der Waals surface area contributed by atoms with E-state index in [9.17, 15) is 0 Å². The van der Waals surface area contributed by atoms with Crippen molar-refractivity contribution in [1.82, 2.24) is 0 Å². The lowest BCUT2D eigenvalue weighted by Gasteiger charge is -2.17. The molecule has 1 unspecified atom stereocenters. The molecule has 0 amide bonds. The fourth-order valence-corrected chi connectivity index (χ4v) is 2.62. The predicted octanol–water partition coefficient (Wildman–Crippen LogP) is 4.62. The quantitative estimate of drug-likeness (QED) is 0.809. The Labute approximate surface area is 140 Å². The van der Waals surface area contributed by atoms with Crippen LogP contribution in [0.1, 0.15) is 42.0 Å². The molecule has 0 aliphatic heterocycles. The van der Waals surface area contributed by atoms with Gasteiger partial charge in [-0.1, -0.05) is 44.2 Å². The van der Waals surface area contributed by atoms with Crippen LogP contribution in [0, 0.1) is 19.8 Å². The summed E-state index contributed by atoms with van der Waals surface area (Å²) in [5.74, 6) is 1.84. The summed E-state index contributed by atoms with van der Waals surface area (Å²) in [6, 6.07) is 15.1. The molecule has 0 radical (unpaired) electrons. The Morgan fingerprint density at radius 3 is 2.22 bits per heavy atom. The minimum atomic E-state index is 0.358. The van der Waals surface area contributed by atoms with Crippen molar-refractivity contribution in [2.24, 2.45) is 11.7 Å². The first-order chi connectivity index (χ1) is 11.0. The van der Waals surface area contributed by atoms with Gasteiger partial charge in [0.15, 0.2) is 0 Å². The summed E-state index contributed by atoms with van der Waals surface area (Å²) >= 11 is 0. The van der Waals surface area contributed by atoms with Crippen molar-refractivity contribution >= 4 is 0 Å². The first-order valence-electron chi connectivity index (χ1n) is 8.48. The van der Waals surface area contributed by atoms with E-state index in [1.54, 1.807) is 0 Å². The van der Waals surface area contributed by atoms with Gasteiger partial charge in [-0.3, -0.25) is 0 Å². The first kappa shape index (κ1) is 17.6. The molecule has 2 heteroatoms. The third-order valence-electron chi connectivity index (χ3n) is 4.28. The lowest BCUT2D eigenvalue weighted by atomic mass is 9.90. The Balaban J connectivity index is 2.05. The SMILES string of the molecule is Cc1ccc(C(CN)Cc2ccc(OCC(C)C)cc2)cc1C. The molecular formula is C21H29NO. The fourth-order valence-electron chi connectivity index (χ4n) is 2.62. The van der Waals surface area contributed by atoms with Gasteiger partial charge in [0.25, 0.3) is 0 Å². The van der Waals surface area contributed by atoms with Gasteiger partial charge in [0.1, 0.15) is 5.75 Å². The summed E-state index contributed by atoms with van der Waals surface area (Å²) in [5, 5.41) is 0. The Morgan fingerprint density at radius 2 is 1.65 bits per heavy atom. The average Bonchev–Trinajstić information content (AvgIpc) is 2.54. The molecule has 0 spiro atoms. The van der Waals surface area contributed by atoms with Crippen LogP contribution in [0.2, 0.25) is 0 Å². The monoisotopic (exact) mass is 311 g/mol. The van der Waals surface area contributed by atoms with E-state index in [-0.39, 0.29) is 0 Å². The molecular weight excluding hydrogens is 282 g/mol. The van der Waals surface area contributed by atoms with Gasteiger partial charge < -0.3 is 10.5 Å². The van der Waals surface area contributed by atoms with Gasteiger partial charge in [-0.05, 0) is 67.1 Å². The topological polar surface area (TPSA) is 35.2 Å². The first-order valence-corrected chi connectivity index (χ1v) is 8.48.